The van der Waals surface area contributed by atoms with Crippen molar-refractivity contribution in [3.63, 3.8) is 0 Å². The number of halogens is 2. The molecule has 1 heterocycles. The Morgan fingerprint density at radius 3 is 2.93 bits per heavy atom. The van der Waals surface area contributed by atoms with Crippen molar-refractivity contribution in [1.29, 1.82) is 0 Å². The topological polar surface area (TPSA) is 22.1 Å². The molecule has 0 unspecified atom stereocenters. The predicted molar refractivity (Wildman–Crippen MR) is 71.0 cm³/mol. The Bertz CT molecular complexity index is 501. The van der Waals surface area contributed by atoms with E-state index in [2.05, 4.69) is 27.6 Å². The van der Waals surface area contributed by atoms with Gasteiger partial charge in [0, 0.05) is 21.6 Å². The third kappa shape index (κ3) is 2.03. The van der Waals surface area contributed by atoms with Crippen molar-refractivity contribution in [1.82, 2.24) is 4.98 Å². The highest BCUT2D eigenvalue weighted by atomic mass is 127. The molecule has 1 aromatic carbocycles. The van der Waals surface area contributed by atoms with E-state index in [0.717, 1.165) is 26.5 Å². The summed E-state index contributed by atoms with van der Waals surface area (Å²) in [5, 5.41) is 2.58. The zero-order chi connectivity index (χ0) is 10.8. The number of aromatic nitrogens is 1. The lowest BCUT2D eigenvalue weighted by atomic mass is 10.1. The maximum atomic E-state index is 6.03. The van der Waals surface area contributed by atoms with Gasteiger partial charge in [-0.15, -0.1) is 0 Å². The van der Waals surface area contributed by atoms with Crippen molar-refractivity contribution >= 4 is 45.0 Å². The van der Waals surface area contributed by atoms with Crippen LogP contribution in [0.4, 0.5) is 0 Å². The lowest BCUT2D eigenvalue weighted by Gasteiger charge is -2.08. The van der Waals surface area contributed by atoms with Crippen molar-refractivity contribution in [3.05, 3.63) is 35.1 Å². The van der Waals surface area contributed by atoms with Crippen LogP contribution in [0.2, 0.25) is 5.15 Å². The zero-order valence-corrected chi connectivity index (χ0v) is 11.0. The largest absolute Gasteiger partial charge is 0.496 e. The molecule has 0 N–H and O–H groups in total. The van der Waals surface area contributed by atoms with E-state index in [9.17, 15) is 0 Å². The first-order valence-electron chi connectivity index (χ1n) is 4.43. The highest BCUT2D eigenvalue weighted by Gasteiger charge is 2.06. The molecule has 0 atom stereocenters. The maximum absolute atomic E-state index is 6.03. The molecule has 1 aromatic heterocycles. The highest BCUT2D eigenvalue weighted by Crippen LogP contribution is 2.30. The van der Waals surface area contributed by atoms with E-state index < -0.39 is 0 Å². The van der Waals surface area contributed by atoms with Gasteiger partial charge in [0.1, 0.15) is 10.9 Å². The fourth-order valence-electron chi connectivity index (χ4n) is 1.50. The minimum absolute atomic E-state index is 0.543. The van der Waals surface area contributed by atoms with Crippen LogP contribution in [-0.2, 0) is 4.43 Å². The SMILES string of the molecule is COc1cc2ccnc(Cl)c2cc1CI. The van der Waals surface area contributed by atoms with Gasteiger partial charge in [-0.2, -0.15) is 0 Å². The van der Waals surface area contributed by atoms with Gasteiger partial charge >= 0.3 is 0 Å². The second kappa shape index (κ2) is 4.53. The number of fused-ring (bicyclic) bond motifs is 1. The van der Waals surface area contributed by atoms with Crippen molar-refractivity contribution in [2.45, 2.75) is 4.43 Å². The number of hydrogen-bond donors (Lipinski definition) is 0. The molecule has 0 aliphatic carbocycles. The Morgan fingerprint density at radius 1 is 1.47 bits per heavy atom. The number of rotatable bonds is 2. The molecule has 0 spiro atoms. The van der Waals surface area contributed by atoms with Crippen molar-refractivity contribution in [2.75, 3.05) is 7.11 Å². The van der Waals surface area contributed by atoms with Crippen LogP contribution < -0.4 is 4.74 Å². The van der Waals surface area contributed by atoms with E-state index in [1.165, 1.54) is 0 Å². The second-order valence-electron chi connectivity index (χ2n) is 3.12. The first-order chi connectivity index (χ1) is 7.26. The van der Waals surface area contributed by atoms with Crippen LogP contribution in [0.3, 0.4) is 0 Å². The molecule has 78 valence electrons. The summed E-state index contributed by atoms with van der Waals surface area (Å²) in [7, 11) is 1.68. The number of ether oxygens (including phenoxy) is 1. The molecule has 0 aliphatic rings. The van der Waals surface area contributed by atoms with Gasteiger partial charge in [-0.3, -0.25) is 0 Å². The number of alkyl halides is 1. The van der Waals surface area contributed by atoms with Crippen LogP contribution in [0.1, 0.15) is 5.56 Å². The minimum Gasteiger partial charge on any atom is -0.496 e. The molecular weight excluding hydrogens is 324 g/mol. The fraction of sp³-hybridized carbons (Fsp3) is 0.182. The number of hydrogen-bond acceptors (Lipinski definition) is 2. The number of methoxy groups -OCH3 is 1. The minimum atomic E-state index is 0.543. The van der Waals surface area contributed by atoms with E-state index >= 15 is 0 Å². The summed E-state index contributed by atoms with van der Waals surface area (Å²) in [6, 6.07) is 5.97. The molecule has 2 aromatic rings. The Balaban J connectivity index is 2.75. The molecule has 0 bridgehead atoms. The summed E-state index contributed by atoms with van der Waals surface area (Å²) in [6.45, 7) is 0. The Morgan fingerprint density at radius 2 is 2.27 bits per heavy atom. The lowest BCUT2D eigenvalue weighted by molar-refractivity contribution is 0.412. The van der Waals surface area contributed by atoms with Crippen LogP contribution in [-0.4, -0.2) is 12.1 Å². The summed E-state index contributed by atoms with van der Waals surface area (Å²) >= 11 is 8.33. The molecule has 0 radical (unpaired) electrons. The van der Waals surface area contributed by atoms with Crippen LogP contribution in [0.5, 0.6) is 5.75 Å². The lowest BCUT2D eigenvalue weighted by Crippen LogP contribution is -1.90. The summed E-state index contributed by atoms with van der Waals surface area (Å²) in [5.74, 6) is 0.902. The van der Waals surface area contributed by atoms with E-state index in [0.29, 0.717) is 5.15 Å². The highest BCUT2D eigenvalue weighted by molar-refractivity contribution is 14.1. The van der Waals surface area contributed by atoms with E-state index in [1.807, 2.05) is 18.2 Å². The van der Waals surface area contributed by atoms with Gasteiger partial charge in [0.05, 0.1) is 7.11 Å². The van der Waals surface area contributed by atoms with Crippen molar-refractivity contribution in [2.24, 2.45) is 0 Å². The average Bonchev–Trinajstić information content (AvgIpc) is 2.28. The fourth-order valence-corrected chi connectivity index (χ4v) is 2.32. The summed E-state index contributed by atoms with van der Waals surface area (Å²) in [6.07, 6.45) is 1.70. The third-order valence-electron chi connectivity index (χ3n) is 2.26. The van der Waals surface area contributed by atoms with Crippen molar-refractivity contribution < 1.29 is 4.74 Å². The molecular formula is C11H9ClINO. The van der Waals surface area contributed by atoms with Crippen LogP contribution in [0.15, 0.2) is 24.4 Å². The smallest absolute Gasteiger partial charge is 0.136 e. The Hall–Kier alpha value is -0.550. The molecule has 0 aliphatic heterocycles. The Labute approximate surface area is 107 Å². The normalized spacial score (nSPS) is 10.6. The summed E-state index contributed by atoms with van der Waals surface area (Å²) < 4.78 is 6.21. The van der Waals surface area contributed by atoms with E-state index in [4.69, 9.17) is 16.3 Å². The first kappa shape index (κ1) is 11.0. The monoisotopic (exact) mass is 333 g/mol. The summed E-state index contributed by atoms with van der Waals surface area (Å²) in [4.78, 5) is 4.06. The molecule has 0 amide bonds. The molecule has 4 heteroatoms. The molecule has 0 fully saturated rings. The second-order valence-corrected chi connectivity index (χ2v) is 4.24. The van der Waals surface area contributed by atoms with Crippen molar-refractivity contribution in [3.8, 4) is 5.75 Å². The quantitative estimate of drug-likeness (QED) is 0.473. The van der Waals surface area contributed by atoms with Gasteiger partial charge in [-0.05, 0) is 23.6 Å². The summed E-state index contributed by atoms with van der Waals surface area (Å²) in [5.41, 5.74) is 1.14. The number of nitrogens with zero attached hydrogens (tertiary/aromatic N) is 1. The molecule has 15 heavy (non-hydrogen) atoms. The van der Waals surface area contributed by atoms with Crippen LogP contribution >= 0.6 is 34.2 Å². The average molecular weight is 334 g/mol. The maximum Gasteiger partial charge on any atom is 0.136 e. The number of pyridine rings is 1. The number of benzene rings is 1. The standard InChI is InChI=1S/C11H9ClINO/c1-15-10-5-7-2-3-14-11(12)9(7)4-8(10)6-13/h2-5H,6H2,1H3. The zero-order valence-electron chi connectivity index (χ0n) is 8.13. The Kier molecular flexibility index (Phi) is 3.31. The van der Waals surface area contributed by atoms with E-state index in [-0.39, 0.29) is 0 Å². The molecule has 2 nitrogen and oxygen atoms in total. The van der Waals surface area contributed by atoms with Gasteiger partial charge in [0.15, 0.2) is 0 Å². The van der Waals surface area contributed by atoms with Crippen LogP contribution in [0, 0.1) is 0 Å². The van der Waals surface area contributed by atoms with Gasteiger partial charge < -0.3 is 4.74 Å². The predicted octanol–water partition coefficient (Wildman–Crippen LogP) is 3.83. The molecule has 0 saturated heterocycles. The van der Waals surface area contributed by atoms with Gasteiger partial charge in [0.25, 0.3) is 0 Å². The van der Waals surface area contributed by atoms with Gasteiger partial charge in [-0.25, -0.2) is 4.98 Å². The molecule has 2 rings (SSSR count). The van der Waals surface area contributed by atoms with Gasteiger partial charge in [-0.1, -0.05) is 34.2 Å². The third-order valence-corrected chi connectivity index (χ3v) is 3.38. The van der Waals surface area contributed by atoms with Crippen LogP contribution in [0.25, 0.3) is 10.8 Å². The molecule has 0 saturated carbocycles. The van der Waals surface area contributed by atoms with Gasteiger partial charge in [0.2, 0.25) is 0 Å². The van der Waals surface area contributed by atoms with E-state index in [1.54, 1.807) is 13.3 Å². The first-order valence-corrected chi connectivity index (χ1v) is 6.33.